The lowest BCUT2D eigenvalue weighted by atomic mass is 9.99. The largest absolute Gasteiger partial charge is 0.338 e. The minimum absolute atomic E-state index is 0.154. The van der Waals surface area contributed by atoms with Crippen molar-refractivity contribution >= 4 is 33.0 Å². The average molecular weight is 390 g/mol. The van der Waals surface area contributed by atoms with Gasteiger partial charge in [-0.2, -0.15) is 5.26 Å². The molecule has 0 bridgehead atoms. The summed E-state index contributed by atoms with van der Waals surface area (Å²) in [5, 5.41) is 13.9. The maximum absolute atomic E-state index is 12.2. The first-order valence-electron chi connectivity index (χ1n) is 8.30. The number of nitriles is 1. The lowest BCUT2D eigenvalue weighted by Crippen LogP contribution is -2.45. The van der Waals surface area contributed by atoms with E-state index in [0.29, 0.717) is 18.5 Å². The molecule has 1 amide bonds. The Kier molecular flexibility index (Phi) is 5.30. The second-order valence-electron chi connectivity index (χ2n) is 6.36. The summed E-state index contributed by atoms with van der Waals surface area (Å²) in [6.07, 6.45) is 3.44. The van der Waals surface area contributed by atoms with E-state index in [-0.39, 0.29) is 16.5 Å². The Morgan fingerprint density at radius 2 is 1.88 bits per heavy atom. The fourth-order valence-electron chi connectivity index (χ4n) is 3.05. The maximum Gasteiger partial charge on any atom is 0.271 e. The van der Waals surface area contributed by atoms with E-state index in [1.54, 1.807) is 41.8 Å². The van der Waals surface area contributed by atoms with Crippen molar-refractivity contribution < 1.29 is 13.2 Å². The number of carbonyl (C=O) groups excluding carboxylic acids is 1. The van der Waals surface area contributed by atoms with Crippen molar-refractivity contribution in [2.24, 2.45) is 0 Å². The smallest absolute Gasteiger partial charge is 0.271 e. The van der Waals surface area contributed by atoms with E-state index in [0.717, 1.165) is 29.7 Å². The zero-order valence-corrected chi connectivity index (χ0v) is 15.7. The molecule has 2 N–H and O–H groups in total. The van der Waals surface area contributed by atoms with Crippen LogP contribution in [0.1, 0.15) is 31.2 Å². The van der Waals surface area contributed by atoms with Crippen LogP contribution in [-0.4, -0.2) is 19.9 Å². The average Bonchev–Trinajstić information content (AvgIpc) is 3.29. The highest BCUT2D eigenvalue weighted by atomic mass is 32.2. The first-order valence-corrected chi connectivity index (χ1v) is 10.7. The van der Waals surface area contributed by atoms with Crippen LogP contribution in [0, 0.1) is 11.3 Å². The second-order valence-corrected chi connectivity index (χ2v) is 9.22. The second kappa shape index (κ2) is 7.48. The Labute approximate surface area is 156 Å². The van der Waals surface area contributed by atoms with E-state index >= 15 is 0 Å². The molecule has 26 heavy (non-hydrogen) atoms. The predicted molar refractivity (Wildman–Crippen MR) is 100 cm³/mol. The maximum atomic E-state index is 12.2. The molecule has 0 saturated heterocycles. The third kappa shape index (κ3) is 4.23. The Balaban J connectivity index is 1.61. The summed E-state index contributed by atoms with van der Waals surface area (Å²) in [5.74, 6) is -0.194. The van der Waals surface area contributed by atoms with Gasteiger partial charge < -0.3 is 5.32 Å². The number of amides is 1. The number of anilines is 1. The van der Waals surface area contributed by atoms with E-state index in [2.05, 4.69) is 16.1 Å². The molecule has 0 unspecified atom stereocenters. The molecular weight excluding hydrogens is 370 g/mol. The molecule has 1 heterocycles. The molecule has 0 atom stereocenters. The lowest BCUT2D eigenvalue weighted by Gasteiger charge is -2.22. The molecule has 0 aliphatic heterocycles. The number of benzene rings is 1. The summed E-state index contributed by atoms with van der Waals surface area (Å²) < 4.78 is 27.1. The van der Waals surface area contributed by atoms with Gasteiger partial charge in [-0.25, -0.2) is 8.42 Å². The monoisotopic (exact) mass is 389 g/mol. The van der Waals surface area contributed by atoms with Gasteiger partial charge in [-0.05, 0) is 54.8 Å². The Morgan fingerprint density at radius 3 is 2.46 bits per heavy atom. The van der Waals surface area contributed by atoms with Gasteiger partial charge in [-0.3, -0.25) is 9.52 Å². The first kappa shape index (κ1) is 18.4. The molecule has 3 rings (SSSR count). The van der Waals surface area contributed by atoms with Crippen molar-refractivity contribution in [2.75, 3.05) is 4.72 Å². The van der Waals surface area contributed by atoms with E-state index in [9.17, 15) is 18.5 Å². The van der Waals surface area contributed by atoms with Crippen LogP contribution >= 0.6 is 11.3 Å². The van der Waals surface area contributed by atoms with Gasteiger partial charge in [0.05, 0.1) is 12.5 Å². The predicted octanol–water partition coefficient (Wildman–Crippen LogP) is 3.04. The highest BCUT2D eigenvalue weighted by Gasteiger charge is 2.35. The van der Waals surface area contributed by atoms with Crippen molar-refractivity contribution in [1.82, 2.24) is 5.32 Å². The van der Waals surface area contributed by atoms with Gasteiger partial charge in [-0.15, -0.1) is 11.3 Å². The zero-order valence-electron chi connectivity index (χ0n) is 14.1. The molecule has 1 aliphatic carbocycles. The third-order valence-electron chi connectivity index (χ3n) is 4.38. The van der Waals surface area contributed by atoms with E-state index < -0.39 is 15.6 Å². The minimum atomic E-state index is -3.58. The highest BCUT2D eigenvalue weighted by Crippen LogP contribution is 2.29. The standard InChI is InChI=1S/C18H19N3O3S2/c19-13-18(9-1-2-10-18)20-16(22)12-14-5-7-15(8-6-14)21-26(23,24)17-4-3-11-25-17/h3-8,11,21H,1-2,9-10,12H2,(H,20,22). The molecule has 1 aliphatic rings. The quantitative estimate of drug-likeness (QED) is 0.793. The summed E-state index contributed by atoms with van der Waals surface area (Å²) in [7, 11) is -3.58. The molecule has 136 valence electrons. The van der Waals surface area contributed by atoms with Crippen LogP contribution in [0.3, 0.4) is 0 Å². The van der Waals surface area contributed by atoms with Gasteiger partial charge in [0.25, 0.3) is 10.0 Å². The molecule has 1 aromatic carbocycles. The van der Waals surface area contributed by atoms with Gasteiger partial charge in [0, 0.05) is 5.69 Å². The number of hydrogen-bond acceptors (Lipinski definition) is 5. The van der Waals surface area contributed by atoms with Crippen LogP contribution in [0.15, 0.2) is 46.0 Å². The van der Waals surface area contributed by atoms with Crippen LogP contribution in [0.4, 0.5) is 5.69 Å². The highest BCUT2D eigenvalue weighted by molar-refractivity contribution is 7.94. The van der Waals surface area contributed by atoms with Crippen molar-refractivity contribution in [3.8, 4) is 6.07 Å². The van der Waals surface area contributed by atoms with Crippen molar-refractivity contribution in [3.63, 3.8) is 0 Å². The van der Waals surface area contributed by atoms with Gasteiger partial charge in [0.1, 0.15) is 9.75 Å². The molecule has 8 heteroatoms. The molecular formula is C18H19N3O3S2. The number of nitrogens with one attached hydrogen (secondary N) is 2. The summed E-state index contributed by atoms with van der Waals surface area (Å²) >= 11 is 1.15. The first-order chi connectivity index (χ1) is 12.4. The molecule has 1 aromatic heterocycles. The van der Waals surface area contributed by atoms with Crippen LogP contribution < -0.4 is 10.0 Å². The van der Waals surface area contributed by atoms with Crippen LogP contribution in [0.5, 0.6) is 0 Å². The van der Waals surface area contributed by atoms with E-state index in [4.69, 9.17) is 0 Å². The molecule has 6 nitrogen and oxygen atoms in total. The minimum Gasteiger partial charge on any atom is -0.338 e. The number of nitrogens with zero attached hydrogens (tertiary/aromatic N) is 1. The van der Waals surface area contributed by atoms with Crippen LogP contribution in [0.25, 0.3) is 0 Å². The van der Waals surface area contributed by atoms with Gasteiger partial charge in [0.2, 0.25) is 5.91 Å². The fourth-order valence-corrected chi connectivity index (χ4v) is 5.10. The molecule has 1 fully saturated rings. The number of carbonyl (C=O) groups is 1. The Morgan fingerprint density at radius 1 is 1.19 bits per heavy atom. The van der Waals surface area contributed by atoms with E-state index in [1.165, 1.54) is 0 Å². The SMILES string of the molecule is N#CC1(NC(=O)Cc2ccc(NS(=O)(=O)c3cccs3)cc2)CCCC1. The van der Waals surface area contributed by atoms with Gasteiger partial charge >= 0.3 is 0 Å². The van der Waals surface area contributed by atoms with Gasteiger partial charge in [-0.1, -0.05) is 18.2 Å². The molecule has 2 aromatic rings. The summed E-state index contributed by atoms with van der Waals surface area (Å²) in [6.45, 7) is 0. The van der Waals surface area contributed by atoms with E-state index in [1.807, 2.05) is 0 Å². The molecule has 0 spiro atoms. The number of rotatable bonds is 6. The third-order valence-corrected chi connectivity index (χ3v) is 7.16. The van der Waals surface area contributed by atoms with Crippen LogP contribution in [-0.2, 0) is 21.2 Å². The zero-order chi connectivity index (χ0) is 18.6. The van der Waals surface area contributed by atoms with Crippen LogP contribution in [0.2, 0.25) is 0 Å². The Bertz CT molecular complexity index is 908. The van der Waals surface area contributed by atoms with Crippen molar-refractivity contribution in [2.45, 2.75) is 41.9 Å². The summed E-state index contributed by atoms with van der Waals surface area (Å²) in [6, 6.07) is 12.1. The number of hydrogen-bond donors (Lipinski definition) is 2. The molecule has 1 saturated carbocycles. The fraction of sp³-hybridized carbons (Fsp3) is 0.333. The number of sulfonamides is 1. The van der Waals surface area contributed by atoms with Crippen molar-refractivity contribution in [3.05, 3.63) is 47.3 Å². The summed E-state index contributed by atoms with van der Waals surface area (Å²) in [5.41, 5.74) is 0.465. The number of thiophene rings is 1. The Hall–Kier alpha value is -2.37. The van der Waals surface area contributed by atoms with Crippen molar-refractivity contribution in [1.29, 1.82) is 5.26 Å². The molecule has 0 radical (unpaired) electrons. The lowest BCUT2D eigenvalue weighted by molar-refractivity contribution is -0.121. The van der Waals surface area contributed by atoms with Gasteiger partial charge in [0.15, 0.2) is 0 Å². The normalized spacial score (nSPS) is 16.0. The summed E-state index contributed by atoms with van der Waals surface area (Å²) in [4.78, 5) is 12.2. The topological polar surface area (TPSA) is 99.1 Å².